The maximum absolute atomic E-state index is 12.5. The zero-order chi connectivity index (χ0) is 28.0. The molecule has 0 radical (unpaired) electrons. The molecule has 0 unspecified atom stereocenters. The van der Waals surface area contributed by atoms with Crippen LogP contribution in [0.25, 0.3) is 5.69 Å². The first kappa shape index (κ1) is 28.4. The fourth-order valence-corrected chi connectivity index (χ4v) is 4.33. The normalized spacial score (nSPS) is 14.9. The molecule has 1 amide bonds. The maximum atomic E-state index is 12.5. The fourth-order valence-electron chi connectivity index (χ4n) is 4.33. The minimum atomic E-state index is -0.0819. The quantitative estimate of drug-likeness (QED) is 0.288. The van der Waals surface area contributed by atoms with Crippen molar-refractivity contribution in [2.45, 2.75) is 53.1 Å². The number of aryl methyl sites for hydroxylation is 1. The van der Waals surface area contributed by atoms with Gasteiger partial charge in [-0.2, -0.15) is 5.10 Å². The van der Waals surface area contributed by atoms with Crippen molar-refractivity contribution < 1.29 is 14.4 Å². The summed E-state index contributed by atoms with van der Waals surface area (Å²) in [5, 5.41) is 9.34. The van der Waals surface area contributed by atoms with Crippen LogP contribution in [0.4, 0.5) is 0 Å². The summed E-state index contributed by atoms with van der Waals surface area (Å²) in [6.07, 6.45) is 0.715. The Balaban J connectivity index is 1.39. The van der Waals surface area contributed by atoms with Gasteiger partial charge in [0.1, 0.15) is 5.75 Å². The Labute approximate surface area is 232 Å². The van der Waals surface area contributed by atoms with Crippen LogP contribution in [0.3, 0.4) is 0 Å². The Hall–Kier alpha value is -3.65. The Morgan fingerprint density at radius 2 is 1.67 bits per heavy atom. The highest BCUT2D eigenvalue weighted by Gasteiger charge is 2.21. The third-order valence-corrected chi connectivity index (χ3v) is 6.96. The summed E-state index contributed by atoms with van der Waals surface area (Å²) < 4.78 is 7.70. The SMILES string of the molecule is CC/C(=N/OCc1cc(C(C)(C)C)nn1-c1ccc(C)cc1)c1ccc(OCC(=O)N2CCN(C)CC2)cc1. The van der Waals surface area contributed by atoms with Gasteiger partial charge in [0.15, 0.2) is 13.2 Å². The van der Waals surface area contributed by atoms with Gasteiger partial charge in [0.25, 0.3) is 5.91 Å². The van der Waals surface area contributed by atoms with Gasteiger partial charge >= 0.3 is 0 Å². The number of ether oxygens (including phenoxy) is 1. The summed E-state index contributed by atoms with van der Waals surface area (Å²) in [7, 11) is 2.07. The van der Waals surface area contributed by atoms with Gasteiger partial charge in [0.2, 0.25) is 0 Å². The molecule has 1 aliphatic heterocycles. The van der Waals surface area contributed by atoms with Gasteiger partial charge < -0.3 is 19.4 Å². The first-order valence-corrected chi connectivity index (χ1v) is 13.7. The molecule has 1 aromatic heterocycles. The molecule has 0 aliphatic carbocycles. The smallest absolute Gasteiger partial charge is 0.260 e. The topological polar surface area (TPSA) is 72.2 Å². The van der Waals surface area contributed by atoms with Gasteiger partial charge in [-0.05, 0) is 68.4 Å². The van der Waals surface area contributed by atoms with Crippen LogP contribution in [-0.2, 0) is 21.7 Å². The maximum Gasteiger partial charge on any atom is 0.260 e. The van der Waals surface area contributed by atoms with E-state index in [9.17, 15) is 4.79 Å². The number of aromatic nitrogens is 2. The van der Waals surface area contributed by atoms with Crippen LogP contribution in [0.1, 0.15) is 56.6 Å². The minimum absolute atomic E-state index is 0.0240. The standard InChI is InChI=1S/C31H41N5O3/c1-7-28(24-10-14-27(15-11-24)38-22-30(37)35-18-16-34(6)17-19-35)33-39-21-26-20-29(31(3,4)5)32-36(26)25-12-8-23(2)9-13-25/h8-15,20H,7,16-19,21-22H2,1-6H3/b33-28-. The van der Waals surface area contributed by atoms with Gasteiger partial charge in [0, 0.05) is 31.6 Å². The number of rotatable bonds is 9. The molecule has 0 saturated carbocycles. The number of hydrogen-bond donors (Lipinski definition) is 0. The molecule has 2 aromatic carbocycles. The zero-order valence-corrected chi connectivity index (χ0v) is 24.1. The Morgan fingerprint density at radius 3 is 2.28 bits per heavy atom. The third-order valence-electron chi connectivity index (χ3n) is 6.96. The molecule has 3 aromatic rings. The van der Waals surface area contributed by atoms with Crippen LogP contribution in [0.5, 0.6) is 5.75 Å². The van der Waals surface area contributed by atoms with E-state index in [-0.39, 0.29) is 17.9 Å². The molecule has 0 atom stereocenters. The summed E-state index contributed by atoms with van der Waals surface area (Å²) in [5.41, 5.74) is 5.86. The van der Waals surface area contributed by atoms with Crippen LogP contribution >= 0.6 is 0 Å². The van der Waals surface area contributed by atoms with Crippen molar-refractivity contribution in [2.75, 3.05) is 39.8 Å². The highest BCUT2D eigenvalue weighted by atomic mass is 16.6. The van der Waals surface area contributed by atoms with E-state index in [1.54, 1.807) is 0 Å². The van der Waals surface area contributed by atoms with E-state index < -0.39 is 0 Å². The average Bonchev–Trinajstić information content (AvgIpc) is 3.36. The molecule has 208 valence electrons. The van der Waals surface area contributed by atoms with Crippen LogP contribution in [-0.4, -0.2) is 71.0 Å². The second-order valence-electron chi connectivity index (χ2n) is 11.2. The minimum Gasteiger partial charge on any atom is -0.484 e. The van der Waals surface area contributed by atoms with Crippen molar-refractivity contribution in [2.24, 2.45) is 5.16 Å². The van der Waals surface area contributed by atoms with Crippen LogP contribution in [0, 0.1) is 6.92 Å². The summed E-state index contributed by atoms with van der Waals surface area (Å²) in [4.78, 5) is 22.4. The van der Waals surface area contributed by atoms with Gasteiger partial charge in [-0.15, -0.1) is 0 Å². The van der Waals surface area contributed by atoms with E-state index in [1.165, 1.54) is 5.56 Å². The van der Waals surface area contributed by atoms with Crippen molar-refractivity contribution in [3.63, 3.8) is 0 Å². The van der Waals surface area contributed by atoms with E-state index in [4.69, 9.17) is 14.7 Å². The van der Waals surface area contributed by atoms with Crippen LogP contribution < -0.4 is 4.74 Å². The van der Waals surface area contributed by atoms with E-state index in [0.29, 0.717) is 18.8 Å². The molecule has 2 heterocycles. The lowest BCUT2D eigenvalue weighted by atomic mass is 9.92. The van der Waals surface area contributed by atoms with Crippen molar-refractivity contribution >= 4 is 11.6 Å². The van der Waals surface area contributed by atoms with Crippen molar-refractivity contribution in [3.8, 4) is 11.4 Å². The van der Waals surface area contributed by atoms with Crippen LogP contribution in [0.15, 0.2) is 59.8 Å². The number of hydrogen-bond acceptors (Lipinski definition) is 6. The van der Waals surface area contributed by atoms with Gasteiger partial charge in [-0.3, -0.25) is 4.79 Å². The molecule has 0 N–H and O–H groups in total. The molecular formula is C31H41N5O3. The lowest BCUT2D eigenvalue weighted by Gasteiger charge is -2.32. The second-order valence-corrected chi connectivity index (χ2v) is 11.2. The molecule has 39 heavy (non-hydrogen) atoms. The molecule has 0 spiro atoms. The largest absolute Gasteiger partial charge is 0.484 e. The number of piperazine rings is 1. The lowest BCUT2D eigenvalue weighted by molar-refractivity contribution is -0.134. The zero-order valence-electron chi connectivity index (χ0n) is 24.1. The Kier molecular flexibility index (Phi) is 9.07. The predicted octanol–water partition coefficient (Wildman–Crippen LogP) is 4.96. The fraction of sp³-hybridized carbons (Fsp3) is 0.452. The molecule has 1 fully saturated rings. The summed E-state index contributed by atoms with van der Waals surface area (Å²) >= 11 is 0. The number of nitrogens with zero attached hydrogens (tertiary/aromatic N) is 5. The monoisotopic (exact) mass is 531 g/mol. The summed E-state index contributed by atoms with van der Waals surface area (Å²) in [5.74, 6) is 0.685. The van der Waals surface area contributed by atoms with E-state index in [0.717, 1.165) is 54.5 Å². The van der Waals surface area contributed by atoms with E-state index in [2.05, 4.69) is 82.1 Å². The third kappa shape index (κ3) is 7.47. The molecule has 8 nitrogen and oxygen atoms in total. The Morgan fingerprint density at radius 1 is 1.00 bits per heavy atom. The molecule has 4 rings (SSSR count). The molecular weight excluding hydrogens is 490 g/mol. The van der Waals surface area contributed by atoms with Gasteiger partial charge in [0.05, 0.1) is 22.8 Å². The first-order chi connectivity index (χ1) is 18.6. The number of likely N-dealkylation sites (N-methyl/N-ethyl adjacent to an activating group) is 1. The number of oxime groups is 1. The molecule has 1 aliphatic rings. The van der Waals surface area contributed by atoms with E-state index >= 15 is 0 Å². The van der Waals surface area contributed by atoms with Gasteiger partial charge in [-0.25, -0.2) is 4.68 Å². The van der Waals surface area contributed by atoms with Crippen LogP contribution in [0.2, 0.25) is 0 Å². The van der Waals surface area contributed by atoms with Gasteiger partial charge in [-0.1, -0.05) is 50.5 Å². The number of benzene rings is 2. The highest BCUT2D eigenvalue weighted by molar-refractivity contribution is 6.00. The van der Waals surface area contributed by atoms with Crippen molar-refractivity contribution in [1.29, 1.82) is 0 Å². The predicted molar refractivity (Wildman–Crippen MR) is 155 cm³/mol. The lowest BCUT2D eigenvalue weighted by Crippen LogP contribution is -2.48. The Bertz CT molecular complexity index is 1270. The highest BCUT2D eigenvalue weighted by Crippen LogP contribution is 2.24. The number of carbonyl (C=O) groups is 1. The van der Waals surface area contributed by atoms with Crippen molar-refractivity contribution in [3.05, 3.63) is 77.1 Å². The molecule has 8 heteroatoms. The van der Waals surface area contributed by atoms with E-state index in [1.807, 2.05) is 33.8 Å². The molecule has 1 saturated heterocycles. The summed E-state index contributed by atoms with van der Waals surface area (Å²) in [6, 6.07) is 18.1. The average molecular weight is 532 g/mol. The number of amides is 1. The summed E-state index contributed by atoms with van der Waals surface area (Å²) in [6.45, 7) is 14.2. The first-order valence-electron chi connectivity index (χ1n) is 13.7. The molecule has 0 bridgehead atoms. The second kappa shape index (κ2) is 12.5. The van der Waals surface area contributed by atoms with Crippen molar-refractivity contribution in [1.82, 2.24) is 19.6 Å². The number of carbonyl (C=O) groups excluding carboxylic acids is 1.